The van der Waals surface area contributed by atoms with Crippen molar-refractivity contribution in [3.05, 3.63) is 42.2 Å². The largest absolute Gasteiger partial charge is 0.440 e. The average molecular weight is 252 g/mol. The second kappa shape index (κ2) is 5.84. The molecule has 0 saturated carbocycles. The Morgan fingerprint density at radius 2 is 2.06 bits per heavy atom. The maximum absolute atomic E-state index is 12.8. The molecule has 17 heavy (non-hydrogen) atoms. The Morgan fingerprint density at radius 1 is 1.29 bits per heavy atom. The van der Waals surface area contributed by atoms with Crippen LogP contribution in [0.5, 0.6) is 0 Å². The summed E-state index contributed by atoms with van der Waals surface area (Å²) < 4.78 is 18.3. The molecule has 0 unspecified atom stereocenters. The van der Waals surface area contributed by atoms with Crippen molar-refractivity contribution in [3.8, 4) is 11.3 Å². The SMILES string of the molecule is NCCSCc1ncc(-c2ccc(F)cc2)o1. The monoisotopic (exact) mass is 252 g/mol. The van der Waals surface area contributed by atoms with Gasteiger partial charge in [-0.3, -0.25) is 0 Å². The number of benzene rings is 1. The van der Waals surface area contributed by atoms with Gasteiger partial charge in [0.2, 0.25) is 5.89 Å². The van der Waals surface area contributed by atoms with Gasteiger partial charge in [0.05, 0.1) is 11.9 Å². The molecule has 0 spiro atoms. The van der Waals surface area contributed by atoms with E-state index in [1.165, 1.54) is 12.1 Å². The zero-order valence-corrected chi connectivity index (χ0v) is 10.0. The van der Waals surface area contributed by atoms with Crippen LogP contribution in [0, 0.1) is 5.82 Å². The Morgan fingerprint density at radius 3 is 2.76 bits per heavy atom. The lowest BCUT2D eigenvalue weighted by atomic mass is 10.2. The molecule has 0 aliphatic carbocycles. The number of nitrogens with two attached hydrogens (primary N) is 1. The van der Waals surface area contributed by atoms with Gasteiger partial charge in [0.15, 0.2) is 5.76 Å². The summed E-state index contributed by atoms with van der Waals surface area (Å²) in [5.41, 5.74) is 6.22. The summed E-state index contributed by atoms with van der Waals surface area (Å²) in [6.07, 6.45) is 1.66. The molecule has 1 aromatic carbocycles. The molecule has 2 rings (SSSR count). The van der Waals surface area contributed by atoms with E-state index in [0.717, 1.165) is 11.3 Å². The van der Waals surface area contributed by atoms with Gasteiger partial charge >= 0.3 is 0 Å². The summed E-state index contributed by atoms with van der Waals surface area (Å²) in [6.45, 7) is 0.649. The van der Waals surface area contributed by atoms with E-state index in [0.29, 0.717) is 23.9 Å². The smallest absolute Gasteiger partial charge is 0.204 e. The number of aromatic nitrogens is 1. The number of hydrogen-bond acceptors (Lipinski definition) is 4. The lowest BCUT2D eigenvalue weighted by molar-refractivity contribution is 0.530. The maximum Gasteiger partial charge on any atom is 0.204 e. The summed E-state index contributed by atoms with van der Waals surface area (Å²) >= 11 is 1.68. The number of thioether (sulfide) groups is 1. The van der Waals surface area contributed by atoms with Crippen LogP contribution in [0.2, 0.25) is 0 Å². The van der Waals surface area contributed by atoms with Gasteiger partial charge in [0.25, 0.3) is 0 Å². The van der Waals surface area contributed by atoms with Crippen LogP contribution in [0.1, 0.15) is 5.89 Å². The first-order valence-electron chi connectivity index (χ1n) is 5.28. The lowest BCUT2D eigenvalue weighted by Crippen LogP contribution is -2.01. The highest BCUT2D eigenvalue weighted by Crippen LogP contribution is 2.22. The third kappa shape index (κ3) is 3.31. The summed E-state index contributed by atoms with van der Waals surface area (Å²) in [7, 11) is 0. The summed E-state index contributed by atoms with van der Waals surface area (Å²) in [4.78, 5) is 4.16. The van der Waals surface area contributed by atoms with E-state index >= 15 is 0 Å². The molecule has 0 saturated heterocycles. The van der Waals surface area contributed by atoms with E-state index in [9.17, 15) is 4.39 Å². The normalized spacial score (nSPS) is 10.7. The molecule has 2 aromatic rings. The molecule has 90 valence electrons. The highest BCUT2D eigenvalue weighted by Gasteiger charge is 2.06. The fourth-order valence-electron chi connectivity index (χ4n) is 1.37. The van der Waals surface area contributed by atoms with Gasteiger partial charge in [0.1, 0.15) is 5.82 Å². The van der Waals surface area contributed by atoms with Crippen LogP contribution < -0.4 is 5.73 Å². The number of hydrogen-bond donors (Lipinski definition) is 1. The van der Waals surface area contributed by atoms with Crippen molar-refractivity contribution in [2.45, 2.75) is 5.75 Å². The molecule has 5 heteroatoms. The van der Waals surface area contributed by atoms with Crippen molar-refractivity contribution in [3.63, 3.8) is 0 Å². The molecular formula is C12H13FN2OS. The van der Waals surface area contributed by atoms with Crippen LogP contribution in [-0.4, -0.2) is 17.3 Å². The van der Waals surface area contributed by atoms with Gasteiger partial charge in [-0.2, -0.15) is 11.8 Å². The van der Waals surface area contributed by atoms with Crippen molar-refractivity contribution in [2.75, 3.05) is 12.3 Å². The molecule has 2 N–H and O–H groups in total. The van der Waals surface area contributed by atoms with Crippen LogP contribution in [0.15, 0.2) is 34.9 Å². The molecule has 0 radical (unpaired) electrons. The quantitative estimate of drug-likeness (QED) is 0.831. The summed E-state index contributed by atoms with van der Waals surface area (Å²) in [5.74, 6) is 2.66. The Kier molecular flexibility index (Phi) is 4.17. The number of rotatable bonds is 5. The Balaban J connectivity index is 2.04. The van der Waals surface area contributed by atoms with E-state index in [4.69, 9.17) is 10.2 Å². The standard InChI is InChI=1S/C12H13FN2OS/c13-10-3-1-9(2-4-10)11-7-15-12(16-11)8-17-6-5-14/h1-4,7H,5-6,8,14H2. The number of nitrogens with zero attached hydrogens (tertiary/aromatic N) is 1. The maximum atomic E-state index is 12.8. The fourth-order valence-corrected chi connectivity index (χ4v) is 1.99. The molecule has 0 amide bonds. The van der Waals surface area contributed by atoms with Gasteiger partial charge < -0.3 is 10.2 Å². The summed E-state index contributed by atoms with van der Waals surface area (Å²) in [5, 5.41) is 0. The Hall–Kier alpha value is -1.33. The molecule has 0 aliphatic rings. The third-order valence-corrected chi connectivity index (χ3v) is 3.15. The van der Waals surface area contributed by atoms with Gasteiger partial charge in [-0.1, -0.05) is 0 Å². The zero-order valence-electron chi connectivity index (χ0n) is 9.23. The minimum absolute atomic E-state index is 0.257. The molecular weight excluding hydrogens is 239 g/mol. The first kappa shape index (κ1) is 12.1. The second-order valence-corrected chi connectivity index (χ2v) is 4.57. The van der Waals surface area contributed by atoms with Crippen LogP contribution in [0.4, 0.5) is 4.39 Å². The molecule has 3 nitrogen and oxygen atoms in total. The third-order valence-electron chi connectivity index (χ3n) is 2.17. The Labute approximate surface area is 103 Å². The molecule has 0 fully saturated rings. The zero-order chi connectivity index (χ0) is 12.1. The predicted octanol–water partition coefficient (Wildman–Crippen LogP) is 2.67. The Bertz CT molecular complexity index is 470. The second-order valence-electron chi connectivity index (χ2n) is 3.47. The van der Waals surface area contributed by atoms with Crippen LogP contribution in [0.3, 0.4) is 0 Å². The highest BCUT2D eigenvalue weighted by atomic mass is 32.2. The van der Waals surface area contributed by atoms with E-state index in [2.05, 4.69) is 4.98 Å². The van der Waals surface area contributed by atoms with Crippen molar-refractivity contribution in [1.29, 1.82) is 0 Å². The van der Waals surface area contributed by atoms with E-state index in [1.54, 1.807) is 30.1 Å². The average Bonchev–Trinajstić information content (AvgIpc) is 2.79. The van der Waals surface area contributed by atoms with Crippen molar-refractivity contribution in [2.24, 2.45) is 5.73 Å². The predicted molar refractivity (Wildman–Crippen MR) is 67.1 cm³/mol. The summed E-state index contributed by atoms with van der Waals surface area (Å²) in [6, 6.07) is 6.15. The minimum Gasteiger partial charge on any atom is -0.440 e. The van der Waals surface area contributed by atoms with Crippen molar-refractivity contribution < 1.29 is 8.81 Å². The van der Waals surface area contributed by atoms with E-state index < -0.39 is 0 Å². The topological polar surface area (TPSA) is 52.0 Å². The molecule has 0 aliphatic heterocycles. The molecule has 1 aromatic heterocycles. The molecule has 0 bridgehead atoms. The highest BCUT2D eigenvalue weighted by molar-refractivity contribution is 7.98. The van der Waals surface area contributed by atoms with Gasteiger partial charge in [-0.05, 0) is 24.3 Å². The fraction of sp³-hybridized carbons (Fsp3) is 0.250. The van der Waals surface area contributed by atoms with Crippen LogP contribution >= 0.6 is 11.8 Å². The van der Waals surface area contributed by atoms with Gasteiger partial charge in [0, 0.05) is 17.9 Å². The first-order valence-corrected chi connectivity index (χ1v) is 6.43. The number of halogens is 1. The van der Waals surface area contributed by atoms with Gasteiger partial charge in [-0.15, -0.1) is 0 Å². The minimum atomic E-state index is -0.257. The van der Waals surface area contributed by atoms with Crippen LogP contribution in [0.25, 0.3) is 11.3 Å². The lowest BCUT2D eigenvalue weighted by Gasteiger charge is -1.96. The first-order chi connectivity index (χ1) is 8.29. The molecule has 0 atom stereocenters. The number of oxazole rings is 1. The van der Waals surface area contributed by atoms with E-state index in [-0.39, 0.29) is 5.82 Å². The van der Waals surface area contributed by atoms with E-state index in [1.807, 2.05) is 0 Å². The van der Waals surface area contributed by atoms with Crippen LogP contribution in [-0.2, 0) is 5.75 Å². The van der Waals surface area contributed by atoms with Gasteiger partial charge in [-0.25, -0.2) is 9.37 Å². The molecule has 1 heterocycles. The van der Waals surface area contributed by atoms with Crippen molar-refractivity contribution in [1.82, 2.24) is 4.98 Å². The van der Waals surface area contributed by atoms with Crippen molar-refractivity contribution >= 4 is 11.8 Å².